The van der Waals surface area contributed by atoms with E-state index in [0.29, 0.717) is 5.95 Å². The normalized spacial score (nSPS) is 11.8. The molecule has 9 rings (SSSR count). The van der Waals surface area contributed by atoms with Crippen LogP contribution in [0.1, 0.15) is 0 Å². The molecule has 0 amide bonds. The maximum atomic E-state index is 6.42. The molecule has 0 saturated carbocycles. The summed E-state index contributed by atoms with van der Waals surface area (Å²) < 4.78 is 8.62. The van der Waals surface area contributed by atoms with Gasteiger partial charge in [-0.1, -0.05) is 103 Å². The topological polar surface area (TPSA) is 43.9 Å². The van der Waals surface area contributed by atoms with E-state index in [4.69, 9.17) is 14.4 Å². The molecule has 0 saturated heterocycles. The highest BCUT2D eigenvalue weighted by Gasteiger charge is 2.19. The lowest BCUT2D eigenvalue weighted by atomic mass is 10.0. The molecule has 3 aromatic heterocycles. The molecule has 0 aliphatic rings. The van der Waals surface area contributed by atoms with Crippen LogP contribution in [-0.4, -0.2) is 14.5 Å². The van der Waals surface area contributed by atoms with Gasteiger partial charge in [-0.2, -0.15) is 0 Å². The van der Waals surface area contributed by atoms with E-state index >= 15 is 0 Å². The zero-order valence-corrected chi connectivity index (χ0v) is 22.5. The van der Waals surface area contributed by atoms with Gasteiger partial charge in [0.2, 0.25) is 5.95 Å². The first-order valence-corrected chi connectivity index (χ1v) is 14.1. The summed E-state index contributed by atoms with van der Waals surface area (Å²) in [5.74, 6) is 0.644. The molecular formula is C38H23N3O. The second-order valence-corrected chi connectivity index (χ2v) is 10.7. The minimum Gasteiger partial charge on any atom is -0.455 e. The molecule has 0 unspecified atom stereocenters. The van der Waals surface area contributed by atoms with Crippen molar-refractivity contribution in [1.29, 1.82) is 0 Å². The summed E-state index contributed by atoms with van der Waals surface area (Å²) in [6, 6.07) is 48.3. The second-order valence-electron chi connectivity index (χ2n) is 10.7. The highest BCUT2D eigenvalue weighted by atomic mass is 16.3. The predicted octanol–water partition coefficient (Wildman–Crippen LogP) is 9.96. The largest absolute Gasteiger partial charge is 0.455 e. The van der Waals surface area contributed by atoms with E-state index < -0.39 is 0 Å². The van der Waals surface area contributed by atoms with Crippen LogP contribution in [-0.2, 0) is 0 Å². The van der Waals surface area contributed by atoms with E-state index in [-0.39, 0.29) is 0 Å². The summed E-state index contributed by atoms with van der Waals surface area (Å²) in [6.45, 7) is 0. The van der Waals surface area contributed by atoms with Gasteiger partial charge in [0.15, 0.2) is 0 Å². The van der Waals surface area contributed by atoms with Gasteiger partial charge >= 0.3 is 0 Å². The van der Waals surface area contributed by atoms with Crippen LogP contribution in [0.3, 0.4) is 0 Å². The Hall–Kier alpha value is -5.74. The predicted molar refractivity (Wildman–Crippen MR) is 172 cm³/mol. The highest BCUT2D eigenvalue weighted by molar-refractivity contribution is 6.20. The fourth-order valence-corrected chi connectivity index (χ4v) is 6.23. The molecule has 4 nitrogen and oxygen atoms in total. The molecule has 0 spiro atoms. The van der Waals surface area contributed by atoms with Gasteiger partial charge in [0.25, 0.3) is 0 Å². The third-order valence-corrected chi connectivity index (χ3v) is 8.21. The van der Waals surface area contributed by atoms with E-state index in [1.165, 1.54) is 0 Å². The molecule has 3 heterocycles. The van der Waals surface area contributed by atoms with E-state index in [1.807, 2.05) is 48.5 Å². The average molecular weight is 538 g/mol. The van der Waals surface area contributed by atoms with Crippen molar-refractivity contribution in [3.8, 4) is 28.5 Å². The van der Waals surface area contributed by atoms with Gasteiger partial charge in [-0.3, -0.25) is 4.57 Å². The van der Waals surface area contributed by atoms with Gasteiger partial charge in [0, 0.05) is 38.1 Å². The fourth-order valence-electron chi connectivity index (χ4n) is 6.23. The molecule has 0 fully saturated rings. The van der Waals surface area contributed by atoms with Crippen LogP contribution >= 0.6 is 0 Å². The summed E-state index contributed by atoms with van der Waals surface area (Å²) in [5, 5.41) is 6.77. The number of nitrogens with zero attached hydrogens (tertiary/aromatic N) is 3. The molecule has 4 heteroatoms. The van der Waals surface area contributed by atoms with Gasteiger partial charge in [0.05, 0.1) is 22.4 Å². The second kappa shape index (κ2) is 8.88. The Labute approximate surface area is 241 Å². The Balaban J connectivity index is 1.38. The van der Waals surface area contributed by atoms with Gasteiger partial charge < -0.3 is 4.42 Å². The smallest absolute Gasteiger partial charge is 0.235 e. The Bertz CT molecular complexity index is 2400. The monoisotopic (exact) mass is 537 g/mol. The Kier molecular flexibility index (Phi) is 4.87. The van der Waals surface area contributed by atoms with Crippen molar-refractivity contribution in [2.45, 2.75) is 0 Å². The van der Waals surface area contributed by atoms with Crippen LogP contribution in [0.5, 0.6) is 0 Å². The zero-order valence-electron chi connectivity index (χ0n) is 22.5. The van der Waals surface area contributed by atoms with Gasteiger partial charge in [-0.05, 0) is 41.8 Å². The number of fused-ring (bicyclic) bond motifs is 8. The summed E-state index contributed by atoms with van der Waals surface area (Å²) in [5.41, 5.74) is 7.82. The van der Waals surface area contributed by atoms with Crippen molar-refractivity contribution < 1.29 is 4.42 Å². The maximum absolute atomic E-state index is 6.42. The summed E-state index contributed by atoms with van der Waals surface area (Å²) >= 11 is 0. The molecule has 9 aromatic rings. The minimum absolute atomic E-state index is 0.644. The number of hydrogen-bond donors (Lipinski definition) is 0. The molecule has 0 radical (unpaired) electrons. The molecule has 0 N–H and O–H groups in total. The van der Waals surface area contributed by atoms with Crippen LogP contribution < -0.4 is 0 Å². The Morgan fingerprint density at radius 3 is 1.83 bits per heavy atom. The molecule has 42 heavy (non-hydrogen) atoms. The quantitative estimate of drug-likeness (QED) is 0.225. The number of aromatic nitrogens is 3. The standard InChI is InChI=1S/C38H23N3O/c1-3-11-24(12-4-1)32-23-33(25-13-5-2-6-14-25)40-38(39-32)41-34-17-9-7-15-27(34)31-22-30-26(21-35(31)41)19-20-29-28-16-8-10-18-36(28)42-37(29)30/h1-23H. The Morgan fingerprint density at radius 1 is 0.452 bits per heavy atom. The number of para-hydroxylation sites is 2. The SMILES string of the molecule is c1ccc(-c2cc(-c3ccccc3)nc(-n3c4ccccc4c4cc5c(ccc6c7ccccc7oc56)cc43)n2)cc1. The van der Waals surface area contributed by atoms with Crippen LogP contribution in [0.15, 0.2) is 144 Å². The highest BCUT2D eigenvalue weighted by Crippen LogP contribution is 2.39. The van der Waals surface area contributed by atoms with Gasteiger partial charge in [-0.25, -0.2) is 9.97 Å². The Morgan fingerprint density at radius 2 is 1.10 bits per heavy atom. The molecular weight excluding hydrogens is 514 g/mol. The van der Waals surface area contributed by atoms with Crippen LogP contribution in [0, 0.1) is 0 Å². The fraction of sp³-hybridized carbons (Fsp3) is 0. The lowest BCUT2D eigenvalue weighted by Crippen LogP contribution is -2.04. The van der Waals surface area contributed by atoms with E-state index in [0.717, 1.165) is 77.0 Å². The first-order valence-electron chi connectivity index (χ1n) is 14.1. The summed E-state index contributed by atoms with van der Waals surface area (Å²) in [4.78, 5) is 10.3. The number of furan rings is 1. The van der Waals surface area contributed by atoms with Crippen LogP contribution in [0.4, 0.5) is 0 Å². The maximum Gasteiger partial charge on any atom is 0.235 e. The summed E-state index contributed by atoms with van der Waals surface area (Å²) in [7, 11) is 0. The van der Waals surface area contributed by atoms with E-state index in [2.05, 4.69) is 95.6 Å². The lowest BCUT2D eigenvalue weighted by Gasteiger charge is -2.12. The van der Waals surface area contributed by atoms with Crippen molar-refractivity contribution >= 4 is 54.5 Å². The van der Waals surface area contributed by atoms with Crippen molar-refractivity contribution in [2.75, 3.05) is 0 Å². The van der Waals surface area contributed by atoms with Crippen molar-refractivity contribution in [3.63, 3.8) is 0 Å². The molecule has 0 aliphatic heterocycles. The molecule has 0 bridgehead atoms. The van der Waals surface area contributed by atoms with Crippen molar-refractivity contribution in [2.24, 2.45) is 0 Å². The van der Waals surface area contributed by atoms with Crippen molar-refractivity contribution in [1.82, 2.24) is 14.5 Å². The first-order chi connectivity index (χ1) is 20.8. The minimum atomic E-state index is 0.644. The number of hydrogen-bond acceptors (Lipinski definition) is 3. The van der Waals surface area contributed by atoms with E-state index in [1.54, 1.807) is 0 Å². The molecule has 0 aliphatic carbocycles. The average Bonchev–Trinajstić information content (AvgIpc) is 3.60. The third-order valence-electron chi connectivity index (χ3n) is 8.21. The molecule has 0 atom stereocenters. The van der Waals surface area contributed by atoms with Crippen molar-refractivity contribution in [3.05, 3.63) is 140 Å². The lowest BCUT2D eigenvalue weighted by molar-refractivity contribution is 0.672. The van der Waals surface area contributed by atoms with Gasteiger partial charge in [0.1, 0.15) is 11.2 Å². The number of rotatable bonds is 3. The summed E-state index contributed by atoms with van der Waals surface area (Å²) in [6.07, 6.45) is 0. The van der Waals surface area contributed by atoms with E-state index in [9.17, 15) is 0 Å². The number of benzene rings is 6. The van der Waals surface area contributed by atoms with Crippen LogP contribution in [0.2, 0.25) is 0 Å². The first kappa shape index (κ1) is 23.0. The zero-order chi connectivity index (χ0) is 27.6. The molecule has 6 aromatic carbocycles. The third kappa shape index (κ3) is 3.42. The van der Waals surface area contributed by atoms with Gasteiger partial charge in [-0.15, -0.1) is 0 Å². The van der Waals surface area contributed by atoms with Crippen LogP contribution in [0.25, 0.3) is 83.0 Å². The molecule has 196 valence electrons.